The molecule has 0 spiro atoms. The smallest absolute Gasteiger partial charge is 0.322 e. The molecule has 0 saturated carbocycles. The third kappa shape index (κ3) is 4.25. The molecule has 9 heteroatoms. The molecule has 2 amide bonds. The second kappa shape index (κ2) is 8.95. The maximum atomic E-state index is 12.9. The lowest BCUT2D eigenvalue weighted by atomic mass is 10.2. The summed E-state index contributed by atoms with van der Waals surface area (Å²) < 4.78 is 21.3. The van der Waals surface area contributed by atoms with Gasteiger partial charge < -0.3 is 29.0 Å². The molecule has 0 aliphatic carbocycles. The highest BCUT2D eigenvalue weighted by Gasteiger charge is 2.34. The maximum Gasteiger partial charge on any atom is 0.322 e. The van der Waals surface area contributed by atoms with E-state index in [1.165, 1.54) is 0 Å². The number of ether oxygens (including phenoxy) is 3. The monoisotopic (exact) mass is 424 g/mol. The number of methoxy groups -OCH3 is 3. The molecule has 1 aliphatic rings. The summed E-state index contributed by atoms with van der Waals surface area (Å²) in [5.74, 6) is 2.72. The standard InChI is InChI=1S/C22H24N4O5/c1-28-16-7-4-6-14(12-16)20-24-21(31-25-20)17-8-5-11-26(17)22(27)23-15-9-10-18(29-2)19(13-15)30-3/h4,6-7,9-10,12-13,17H,5,8,11H2,1-3H3,(H,23,27). The van der Waals surface area contributed by atoms with Crippen LogP contribution in [0.3, 0.4) is 0 Å². The summed E-state index contributed by atoms with van der Waals surface area (Å²) in [5, 5.41) is 7.00. The van der Waals surface area contributed by atoms with Crippen molar-refractivity contribution in [1.82, 2.24) is 15.0 Å². The Morgan fingerprint density at radius 3 is 2.71 bits per heavy atom. The van der Waals surface area contributed by atoms with Gasteiger partial charge in [0, 0.05) is 23.9 Å². The lowest BCUT2D eigenvalue weighted by molar-refractivity contribution is 0.193. The Labute approximate surface area is 179 Å². The SMILES string of the molecule is COc1cccc(-c2noc(C3CCCN3C(=O)Nc3ccc(OC)c(OC)c3)n2)c1. The van der Waals surface area contributed by atoms with Gasteiger partial charge in [0.25, 0.3) is 0 Å². The number of urea groups is 1. The Morgan fingerprint density at radius 1 is 1.10 bits per heavy atom. The second-order valence-corrected chi connectivity index (χ2v) is 7.04. The van der Waals surface area contributed by atoms with E-state index in [0.29, 0.717) is 41.2 Å². The molecule has 31 heavy (non-hydrogen) atoms. The van der Waals surface area contributed by atoms with E-state index in [9.17, 15) is 4.79 Å². The van der Waals surface area contributed by atoms with E-state index in [2.05, 4.69) is 15.5 Å². The highest BCUT2D eigenvalue weighted by Crippen LogP contribution is 2.34. The van der Waals surface area contributed by atoms with Gasteiger partial charge in [0.2, 0.25) is 11.7 Å². The van der Waals surface area contributed by atoms with E-state index in [1.54, 1.807) is 44.4 Å². The first kappa shape index (κ1) is 20.5. The zero-order valence-corrected chi connectivity index (χ0v) is 17.6. The van der Waals surface area contributed by atoms with E-state index in [4.69, 9.17) is 18.7 Å². The number of carbonyl (C=O) groups is 1. The van der Waals surface area contributed by atoms with Crippen molar-refractivity contribution < 1.29 is 23.5 Å². The fourth-order valence-electron chi connectivity index (χ4n) is 3.63. The van der Waals surface area contributed by atoms with Gasteiger partial charge in [0.05, 0.1) is 21.3 Å². The van der Waals surface area contributed by atoms with Crippen molar-refractivity contribution >= 4 is 11.7 Å². The molecule has 1 N–H and O–H groups in total. The molecule has 1 fully saturated rings. The lowest BCUT2D eigenvalue weighted by Crippen LogP contribution is -2.34. The van der Waals surface area contributed by atoms with Crippen molar-refractivity contribution in [3.05, 3.63) is 48.4 Å². The van der Waals surface area contributed by atoms with Crippen molar-refractivity contribution in [3.8, 4) is 28.6 Å². The van der Waals surface area contributed by atoms with Crippen LogP contribution in [0.2, 0.25) is 0 Å². The minimum atomic E-state index is -0.285. The Morgan fingerprint density at radius 2 is 1.94 bits per heavy atom. The first-order chi connectivity index (χ1) is 15.1. The summed E-state index contributed by atoms with van der Waals surface area (Å²) >= 11 is 0. The van der Waals surface area contributed by atoms with E-state index >= 15 is 0 Å². The third-order valence-corrected chi connectivity index (χ3v) is 5.20. The first-order valence-electron chi connectivity index (χ1n) is 9.90. The van der Waals surface area contributed by atoms with Crippen LogP contribution in [-0.2, 0) is 0 Å². The van der Waals surface area contributed by atoms with Gasteiger partial charge in [-0.05, 0) is 37.1 Å². The summed E-state index contributed by atoms with van der Waals surface area (Å²) in [6.07, 6.45) is 1.60. The van der Waals surface area contributed by atoms with Crippen LogP contribution in [0.25, 0.3) is 11.4 Å². The quantitative estimate of drug-likeness (QED) is 0.635. The molecule has 1 unspecified atom stereocenters. The highest BCUT2D eigenvalue weighted by molar-refractivity contribution is 5.90. The molecule has 1 aliphatic heterocycles. The molecular formula is C22H24N4O5. The molecule has 1 saturated heterocycles. The normalized spacial score (nSPS) is 15.6. The van der Waals surface area contributed by atoms with Gasteiger partial charge in [-0.15, -0.1) is 0 Å². The minimum absolute atomic E-state index is 0.240. The van der Waals surface area contributed by atoms with Crippen LogP contribution in [0.1, 0.15) is 24.8 Å². The van der Waals surface area contributed by atoms with Crippen molar-refractivity contribution in [2.45, 2.75) is 18.9 Å². The van der Waals surface area contributed by atoms with Crippen LogP contribution >= 0.6 is 0 Å². The maximum absolute atomic E-state index is 12.9. The van der Waals surface area contributed by atoms with Crippen molar-refractivity contribution in [2.24, 2.45) is 0 Å². The number of benzene rings is 2. The van der Waals surface area contributed by atoms with Gasteiger partial charge in [0.1, 0.15) is 11.8 Å². The molecule has 3 aromatic rings. The van der Waals surface area contributed by atoms with Crippen LogP contribution in [0.4, 0.5) is 10.5 Å². The van der Waals surface area contributed by atoms with Gasteiger partial charge in [-0.1, -0.05) is 17.3 Å². The zero-order valence-electron chi connectivity index (χ0n) is 17.6. The highest BCUT2D eigenvalue weighted by atomic mass is 16.5. The molecule has 4 rings (SSSR count). The Bertz CT molecular complexity index is 1070. The Kier molecular flexibility index (Phi) is 5.92. The topological polar surface area (TPSA) is 99.0 Å². The molecule has 1 atom stereocenters. The molecular weight excluding hydrogens is 400 g/mol. The van der Waals surface area contributed by atoms with Gasteiger partial charge in [0.15, 0.2) is 11.5 Å². The molecule has 0 radical (unpaired) electrons. The number of rotatable bonds is 6. The van der Waals surface area contributed by atoms with Gasteiger partial charge in [-0.2, -0.15) is 4.98 Å². The largest absolute Gasteiger partial charge is 0.497 e. The van der Waals surface area contributed by atoms with E-state index < -0.39 is 0 Å². The zero-order chi connectivity index (χ0) is 21.8. The molecule has 162 valence electrons. The fraction of sp³-hybridized carbons (Fsp3) is 0.318. The summed E-state index contributed by atoms with van der Waals surface area (Å²) in [6, 6.07) is 12.1. The average Bonchev–Trinajstić information content (AvgIpc) is 3.48. The second-order valence-electron chi connectivity index (χ2n) is 7.04. The summed E-state index contributed by atoms with van der Waals surface area (Å²) in [5.41, 5.74) is 1.39. The summed E-state index contributed by atoms with van der Waals surface area (Å²) in [7, 11) is 4.72. The van der Waals surface area contributed by atoms with Crippen LogP contribution in [-0.4, -0.2) is 48.9 Å². The van der Waals surface area contributed by atoms with Crippen molar-refractivity contribution in [3.63, 3.8) is 0 Å². The number of hydrogen-bond donors (Lipinski definition) is 1. The number of amides is 2. The molecule has 2 heterocycles. The summed E-state index contributed by atoms with van der Waals surface area (Å²) in [4.78, 5) is 19.2. The summed E-state index contributed by atoms with van der Waals surface area (Å²) in [6.45, 7) is 0.598. The number of likely N-dealkylation sites (tertiary alicyclic amines) is 1. The predicted octanol–water partition coefficient (Wildman–Crippen LogP) is 4.13. The van der Waals surface area contributed by atoms with Crippen LogP contribution in [0, 0.1) is 0 Å². The Hall–Kier alpha value is -3.75. The van der Waals surface area contributed by atoms with E-state index in [-0.39, 0.29) is 12.1 Å². The van der Waals surface area contributed by atoms with Crippen molar-refractivity contribution in [1.29, 1.82) is 0 Å². The number of anilines is 1. The van der Waals surface area contributed by atoms with E-state index in [0.717, 1.165) is 18.4 Å². The third-order valence-electron chi connectivity index (χ3n) is 5.20. The van der Waals surface area contributed by atoms with Crippen LogP contribution in [0.5, 0.6) is 17.2 Å². The van der Waals surface area contributed by atoms with Crippen molar-refractivity contribution in [2.75, 3.05) is 33.2 Å². The molecule has 0 bridgehead atoms. The number of aromatic nitrogens is 2. The lowest BCUT2D eigenvalue weighted by Gasteiger charge is -2.22. The Balaban J connectivity index is 1.50. The average molecular weight is 424 g/mol. The van der Waals surface area contributed by atoms with Gasteiger partial charge in [-0.3, -0.25) is 0 Å². The minimum Gasteiger partial charge on any atom is -0.497 e. The predicted molar refractivity (Wildman–Crippen MR) is 114 cm³/mol. The van der Waals surface area contributed by atoms with E-state index in [1.807, 2.05) is 24.3 Å². The van der Waals surface area contributed by atoms with Gasteiger partial charge >= 0.3 is 6.03 Å². The molecule has 9 nitrogen and oxygen atoms in total. The van der Waals surface area contributed by atoms with Crippen LogP contribution < -0.4 is 19.5 Å². The fourth-order valence-corrected chi connectivity index (χ4v) is 3.63. The van der Waals surface area contributed by atoms with Gasteiger partial charge in [-0.25, -0.2) is 4.79 Å². The number of carbonyl (C=O) groups excluding carboxylic acids is 1. The number of nitrogens with one attached hydrogen (secondary N) is 1. The van der Waals surface area contributed by atoms with Crippen LogP contribution in [0.15, 0.2) is 47.0 Å². The molecule has 1 aromatic heterocycles. The molecule has 2 aromatic carbocycles. The number of nitrogens with zero attached hydrogens (tertiary/aromatic N) is 3. The number of hydrogen-bond acceptors (Lipinski definition) is 7. The first-order valence-corrected chi connectivity index (χ1v) is 9.90.